The van der Waals surface area contributed by atoms with E-state index < -0.39 is 0 Å². The highest BCUT2D eigenvalue weighted by Gasteiger charge is 2.41. The number of rotatable bonds is 4. The molecule has 0 spiro atoms. The van der Waals surface area contributed by atoms with Crippen molar-refractivity contribution < 1.29 is 9.26 Å². The molecule has 3 atom stereocenters. The van der Waals surface area contributed by atoms with E-state index >= 15 is 0 Å². The van der Waals surface area contributed by atoms with Crippen LogP contribution in [0.4, 0.5) is 0 Å². The second-order valence-electron chi connectivity index (χ2n) is 5.33. The molecule has 0 bridgehead atoms. The first-order valence-corrected chi connectivity index (χ1v) is 6.79. The van der Waals surface area contributed by atoms with Crippen LogP contribution in [-0.4, -0.2) is 22.8 Å². The highest BCUT2D eigenvalue weighted by molar-refractivity contribution is 5.10. The van der Waals surface area contributed by atoms with Crippen molar-refractivity contribution in [2.24, 2.45) is 5.73 Å². The Balaban J connectivity index is 2.18. The number of aromatic nitrogens is 2. The molecule has 0 amide bonds. The summed E-state index contributed by atoms with van der Waals surface area (Å²) in [6.07, 6.45) is 4.26. The molecule has 1 fully saturated rings. The minimum Gasteiger partial charge on any atom is -0.371 e. The predicted molar refractivity (Wildman–Crippen MR) is 68.1 cm³/mol. The van der Waals surface area contributed by atoms with E-state index in [1.807, 2.05) is 13.8 Å². The van der Waals surface area contributed by atoms with E-state index in [1.54, 1.807) is 0 Å². The Hall–Kier alpha value is -0.940. The molecule has 5 heteroatoms. The fourth-order valence-electron chi connectivity index (χ4n) is 2.58. The average molecular weight is 253 g/mol. The maximum absolute atomic E-state index is 6.23. The molecule has 0 aromatic carbocycles. The summed E-state index contributed by atoms with van der Waals surface area (Å²) in [6.45, 7) is 6.65. The first-order chi connectivity index (χ1) is 8.58. The van der Waals surface area contributed by atoms with Gasteiger partial charge in [-0.3, -0.25) is 0 Å². The summed E-state index contributed by atoms with van der Waals surface area (Å²) in [7, 11) is 0. The maximum Gasteiger partial charge on any atom is 0.234 e. The number of hydrogen-bond donors (Lipinski definition) is 1. The number of hydrogen-bond acceptors (Lipinski definition) is 5. The van der Waals surface area contributed by atoms with Gasteiger partial charge in [-0.1, -0.05) is 18.0 Å². The van der Waals surface area contributed by atoms with Gasteiger partial charge in [0.2, 0.25) is 5.89 Å². The van der Waals surface area contributed by atoms with Gasteiger partial charge >= 0.3 is 0 Å². The molecule has 0 radical (unpaired) electrons. The minimum atomic E-state index is -0.185. The zero-order valence-electron chi connectivity index (χ0n) is 11.5. The lowest BCUT2D eigenvalue weighted by molar-refractivity contribution is 0.0683. The quantitative estimate of drug-likeness (QED) is 0.891. The molecule has 1 aliphatic rings. The molecule has 18 heavy (non-hydrogen) atoms. The molecule has 2 N–H and O–H groups in total. The molecule has 3 unspecified atom stereocenters. The Morgan fingerprint density at radius 2 is 2.33 bits per heavy atom. The van der Waals surface area contributed by atoms with Crippen molar-refractivity contribution in [3.63, 3.8) is 0 Å². The van der Waals surface area contributed by atoms with E-state index in [-0.39, 0.29) is 17.6 Å². The fourth-order valence-corrected chi connectivity index (χ4v) is 2.58. The Kier molecular flexibility index (Phi) is 4.02. The van der Waals surface area contributed by atoms with Crippen LogP contribution in [0, 0.1) is 0 Å². The molecular formula is C13H23N3O2. The lowest BCUT2D eigenvalue weighted by Crippen LogP contribution is -2.45. The van der Waals surface area contributed by atoms with E-state index in [1.165, 1.54) is 12.8 Å². The summed E-state index contributed by atoms with van der Waals surface area (Å²) in [4.78, 5) is 4.49. The third-order valence-electron chi connectivity index (χ3n) is 3.99. The van der Waals surface area contributed by atoms with Crippen LogP contribution < -0.4 is 5.73 Å². The molecule has 5 nitrogen and oxygen atoms in total. The van der Waals surface area contributed by atoms with Crippen LogP contribution in [0.5, 0.6) is 0 Å². The third kappa shape index (κ3) is 2.42. The summed E-state index contributed by atoms with van der Waals surface area (Å²) < 4.78 is 10.9. The monoisotopic (exact) mass is 253 g/mol. The molecule has 1 aliphatic carbocycles. The van der Waals surface area contributed by atoms with Crippen molar-refractivity contribution in [1.82, 2.24) is 10.1 Å². The van der Waals surface area contributed by atoms with E-state index in [2.05, 4.69) is 17.1 Å². The van der Waals surface area contributed by atoms with E-state index in [0.717, 1.165) is 12.8 Å². The standard InChI is InChI=1S/C13H23N3O2/c1-4-17-9(2)11-15-12(18-16-11)13(3)8-6-5-7-10(13)14/h9-10H,4-8,14H2,1-3H3. The molecule has 102 valence electrons. The molecule has 2 rings (SSSR count). The lowest BCUT2D eigenvalue weighted by Gasteiger charge is -2.35. The van der Waals surface area contributed by atoms with Crippen LogP contribution in [0.25, 0.3) is 0 Å². The van der Waals surface area contributed by atoms with E-state index in [0.29, 0.717) is 18.3 Å². The summed E-state index contributed by atoms with van der Waals surface area (Å²) >= 11 is 0. The first-order valence-electron chi connectivity index (χ1n) is 6.79. The second-order valence-corrected chi connectivity index (χ2v) is 5.33. The first kappa shape index (κ1) is 13.5. The van der Waals surface area contributed by atoms with Gasteiger partial charge in [0.05, 0.1) is 5.41 Å². The highest BCUT2D eigenvalue weighted by Crippen LogP contribution is 2.37. The van der Waals surface area contributed by atoms with Gasteiger partial charge in [0, 0.05) is 12.6 Å². The number of nitrogens with two attached hydrogens (primary N) is 1. The van der Waals surface area contributed by atoms with Gasteiger partial charge in [-0.15, -0.1) is 0 Å². The molecule has 0 aliphatic heterocycles. The van der Waals surface area contributed by atoms with Crippen molar-refractivity contribution >= 4 is 0 Å². The largest absolute Gasteiger partial charge is 0.371 e. The molecular weight excluding hydrogens is 230 g/mol. The van der Waals surface area contributed by atoms with Crippen molar-refractivity contribution in [2.45, 2.75) is 64.0 Å². The predicted octanol–water partition coefficient (Wildman–Crippen LogP) is 2.33. The maximum atomic E-state index is 6.23. The smallest absolute Gasteiger partial charge is 0.234 e. The van der Waals surface area contributed by atoms with Crippen LogP contribution in [-0.2, 0) is 10.2 Å². The van der Waals surface area contributed by atoms with Crippen molar-refractivity contribution in [2.75, 3.05) is 6.61 Å². The number of nitrogens with zero attached hydrogens (tertiary/aromatic N) is 2. The normalized spacial score (nSPS) is 30.3. The van der Waals surface area contributed by atoms with Crippen LogP contribution in [0.3, 0.4) is 0 Å². The Morgan fingerprint density at radius 3 is 3.00 bits per heavy atom. The molecule has 1 aromatic rings. The van der Waals surface area contributed by atoms with Crippen molar-refractivity contribution in [3.8, 4) is 0 Å². The van der Waals surface area contributed by atoms with Gasteiger partial charge in [-0.2, -0.15) is 4.98 Å². The van der Waals surface area contributed by atoms with Gasteiger partial charge < -0.3 is 15.0 Å². The summed E-state index contributed by atoms with van der Waals surface area (Å²) in [5.41, 5.74) is 6.05. The Labute approximate surface area is 108 Å². The van der Waals surface area contributed by atoms with Gasteiger partial charge in [0.15, 0.2) is 5.82 Å². The van der Waals surface area contributed by atoms with Crippen LogP contribution in [0.15, 0.2) is 4.52 Å². The summed E-state index contributed by atoms with van der Waals surface area (Å²) in [5, 5.41) is 4.02. The summed E-state index contributed by atoms with van der Waals surface area (Å²) in [5.74, 6) is 1.28. The molecule has 0 saturated heterocycles. The topological polar surface area (TPSA) is 74.2 Å². The van der Waals surface area contributed by atoms with Crippen molar-refractivity contribution in [3.05, 3.63) is 11.7 Å². The van der Waals surface area contributed by atoms with E-state index in [9.17, 15) is 0 Å². The Bertz CT molecular complexity index is 393. The molecule has 1 aromatic heterocycles. The Morgan fingerprint density at radius 1 is 1.56 bits per heavy atom. The third-order valence-corrected chi connectivity index (χ3v) is 3.99. The summed E-state index contributed by atoms with van der Waals surface area (Å²) in [6, 6.07) is 0.0990. The van der Waals surface area contributed by atoms with E-state index in [4.69, 9.17) is 15.0 Å². The SMILES string of the molecule is CCOC(C)c1noc(C2(C)CCCCC2N)n1. The van der Waals surface area contributed by atoms with Crippen molar-refractivity contribution in [1.29, 1.82) is 0 Å². The highest BCUT2D eigenvalue weighted by atomic mass is 16.5. The fraction of sp³-hybridized carbons (Fsp3) is 0.846. The minimum absolute atomic E-state index is 0.0990. The van der Waals surface area contributed by atoms with Gasteiger partial charge in [-0.25, -0.2) is 0 Å². The van der Waals surface area contributed by atoms with Crippen LogP contribution >= 0.6 is 0 Å². The van der Waals surface area contributed by atoms with Gasteiger partial charge in [-0.05, 0) is 33.6 Å². The zero-order chi connectivity index (χ0) is 13.2. The van der Waals surface area contributed by atoms with Gasteiger partial charge in [0.1, 0.15) is 6.10 Å². The zero-order valence-corrected chi connectivity index (χ0v) is 11.5. The number of ether oxygens (including phenoxy) is 1. The molecule has 1 saturated carbocycles. The average Bonchev–Trinajstić information content (AvgIpc) is 2.83. The van der Waals surface area contributed by atoms with Crippen LogP contribution in [0.1, 0.15) is 64.3 Å². The second kappa shape index (κ2) is 5.36. The molecule has 1 heterocycles. The van der Waals surface area contributed by atoms with Gasteiger partial charge in [0.25, 0.3) is 0 Å². The van der Waals surface area contributed by atoms with Crippen LogP contribution in [0.2, 0.25) is 0 Å². The lowest BCUT2D eigenvalue weighted by atomic mass is 9.72.